The van der Waals surface area contributed by atoms with E-state index in [0.29, 0.717) is 6.54 Å². The molecule has 18 heavy (non-hydrogen) atoms. The third-order valence-corrected chi connectivity index (χ3v) is 4.45. The molecular formula is C13H27NO3S. The number of ether oxygens (including phenoxy) is 1. The highest BCUT2D eigenvalue weighted by Crippen LogP contribution is 2.18. The number of hydrogen-bond acceptors (Lipinski definition) is 5. The minimum Gasteiger partial charge on any atom is -0.389 e. The van der Waals surface area contributed by atoms with E-state index in [0.717, 1.165) is 18.1 Å². The van der Waals surface area contributed by atoms with Crippen molar-refractivity contribution in [1.82, 2.24) is 5.32 Å². The molecule has 0 unspecified atom stereocenters. The molecule has 4 nitrogen and oxygen atoms in total. The fourth-order valence-corrected chi connectivity index (χ4v) is 3.43. The summed E-state index contributed by atoms with van der Waals surface area (Å²) in [5, 5.41) is 23.0. The first kappa shape index (κ1) is 16.2. The summed E-state index contributed by atoms with van der Waals surface area (Å²) in [6, 6.07) is 0.0323. The maximum Gasteiger partial charge on any atom is 0.112 e. The Hall–Kier alpha value is 0.190. The lowest BCUT2D eigenvalue weighted by Crippen LogP contribution is -2.60. The zero-order chi connectivity index (χ0) is 13.5. The van der Waals surface area contributed by atoms with Gasteiger partial charge in [0.25, 0.3) is 0 Å². The number of thioether (sulfide) groups is 1. The lowest BCUT2D eigenvalue weighted by atomic mass is 9.94. The van der Waals surface area contributed by atoms with Gasteiger partial charge in [-0.3, -0.25) is 0 Å². The first-order chi connectivity index (χ1) is 8.56. The van der Waals surface area contributed by atoms with Crippen LogP contribution in [0.15, 0.2) is 0 Å². The molecule has 5 heteroatoms. The standard InChI is InChI=1S/C13H27NO3S/c1-9(2)4-6-18-7-5-10-12(16)13(17-3)11(15)8-14-10/h9-16H,4-8H2,1-3H3/t10-,11-,12+,13+/m1/s1. The maximum absolute atomic E-state index is 10.1. The van der Waals surface area contributed by atoms with Crippen LogP contribution in [0.25, 0.3) is 0 Å². The zero-order valence-corrected chi connectivity index (χ0v) is 12.4. The van der Waals surface area contributed by atoms with Crippen LogP contribution in [-0.4, -0.2) is 59.7 Å². The summed E-state index contributed by atoms with van der Waals surface area (Å²) >= 11 is 1.93. The van der Waals surface area contributed by atoms with E-state index in [9.17, 15) is 10.2 Å². The van der Waals surface area contributed by atoms with Crippen molar-refractivity contribution in [3.63, 3.8) is 0 Å². The number of aliphatic hydroxyl groups excluding tert-OH is 2. The maximum atomic E-state index is 10.1. The van der Waals surface area contributed by atoms with Crippen molar-refractivity contribution in [2.75, 3.05) is 25.2 Å². The monoisotopic (exact) mass is 277 g/mol. The van der Waals surface area contributed by atoms with Crippen LogP contribution < -0.4 is 5.32 Å². The van der Waals surface area contributed by atoms with Gasteiger partial charge in [-0.15, -0.1) is 0 Å². The van der Waals surface area contributed by atoms with Crippen LogP contribution in [0.5, 0.6) is 0 Å². The summed E-state index contributed by atoms with van der Waals surface area (Å²) in [6.45, 7) is 4.96. The van der Waals surface area contributed by atoms with Gasteiger partial charge in [0.15, 0.2) is 0 Å². The lowest BCUT2D eigenvalue weighted by molar-refractivity contribution is -0.112. The van der Waals surface area contributed by atoms with Crippen molar-refractivity contribution in [1.29, 1.82) is 0 Å². The van der Waals surface area contributed by atoms with Crippen LogP contribution in [0.3, 0.4) is 0 Å². The minimum atomic E-state index is -0.621. The van der Waals surface area contributed by atoms with E-state index in [2.05, 4.69) is 19.2 Å². The first-order valence-electron chi connectivity index (χ1n) is 6.76. The topological polar surface area (TPSA) is 61.7 Å². The van der Waals surface area contributed by atoms with Crippen LogP contribution in [0.4, 0.5) is 0 Å². The predicted molar refractivity (Wildman–Crippen MR) is 76.0 cm³/mol. The number of piperidine rings is 1. The number of hydrogen-bond donors (Lipinski definition) is 3. The van der Waals surface area contributed by atoms with Gasteiger partial charge in [-0.05, 0) is 30.3 Å². The Labute approximate surface area is 114 Å². The van der Waals surface area contributed by atoms with E-state index >= 15 is 0 Å². The van der Waals surface area contributed by atoms with Gasteiger partial charge < -0.3 is 20.3 Å². The molecule has 0 aromatic heterocycles. The van der Waals surface area contributed by atoms with E-state index in [1.165, 1.54) is 19.3 Å². The van der Waals surface area contributed by atoms with Gasteiger partial charge in [-0.1, -0.05) is 13.8 Å². The number of rotatable bonds is 7. The smallest absolute Gasteiger partial charge is 0.112 e. The van der Waals surface area contributed by atoms with Crippen LogP contribution in [-0.2, 0) is 4.74 Å². The average Bonchev–Trinajstić information content (AvgIpc) is 2.31. The fraction of sp³-hybridized carbons (Fsp3) is 1.00. The predicted octanol–water partition coefficient (Wildman–Crippen LogP) is 0.864. The highest BCUT2D eigenvalue weighted by Gasteiger charge is 2.37. The van der Waals surface area contributed by atoms with Gasteiger partial charge in [-0.25, -0.2) is 0 Å². The summed E-state index contributed by atoms with van der Waals surface area (Å²) in [5.41, 5.74) is 0. The summed E-state index contributed by atoms with van der Waals surface area (Å²) in [5.74, 6) is 2.97. The van der Waals surface area contributed by atoms with Crippen molar-refractivity contribution < 1.29 is 14.9 Å². The van der Waals surface area contributed by atoms with E-state index in [-0.39, 0.29) is 6.04 Å². The van der Waals surface area contributed by atoms with Gasteiger partial charge in [0.1, 0.15) is 6.10 Å². The molecule has 0 bridgehead atoms. The molecule has 1 rings (SSSR count). The molecule has 0 aliphatic carbocycles. The van der Waals surface area contributed by atoms with Crippen molar-refractivity contribution in [3.8, 4) is 0 Å². The summed E-state index contributed by atoms with van der Waals surface area (Å²) < 4.78 is 5.16. The molecule has 4 atom stereocenters. The molecule has 1 fully saturated rings. The Kier molecular flexibility index (Phi) is 7.56. The molecule has 1 aliphatic heterocycles. The van der Waals surface area contributed by atoms with Gasteiger partial charge in [0, 0.05) is 19.7 Å². The van der Waals surface area contributed by atoms with E-state index in [1.54, 1.807) is 0 Å². The molecule has 3 N–H and O–H groups in total. The lowest BCUT2D eigenvalue weighted by Gasteiger charge is -2.38. The Morgan fingerprint density at radius 2 is 2.06 bits per heavy atom. The fourth-order valence-electron chi connectivity index (χ4n) is 2.17. The molecule has 1 saturated heterocycles. The third kappa shape index (κ3) is 5.05. The molecule has 1 aliphatic rings. The second-order valence-electron chi connectivity index (χ2n) is 5.36. The van der Waals surface area contributed by atoms with E-state index in [1.807, 2.05) is 11.8 Å². The van der Waals surface area contributed by atoms with E-state index < -0.39 is 18.3 Å². The van der Waals surface area contributed by atoms with E-state index in [4.69, 9.17) is 4.74 Å². The zero-order valence-electron chi connectivity index (χ0n) is 11.6. The molecule has 1 heterocycles. The van der Waals surface area contributed by atoms with Crippen molar-refractivity contribution in [2.24, 2.45) is 5.92 Å². The molecule has 0 saturated carbocycles. The molecule has 108 valence electrons. The van der Waals surface area contributed by atoms with Crippen LogP contribution in [0, 0.1) is 5.92 Å². The highest BCUT2D eigenvalue weighted by atomic mass is 32.2. The second kappa shape index (κ2) is 8.38. The molecule has 0 aromatic rings. The molecule has 0 aromatic carbocycles. The summed E-state index contributed by atoms with van der Waals surface area (Å²) in [7, 11) is 1.54. The number of β-amino-alcohol motifs (C(OH)–C–C–N with tert-alkyl or cyclic N) is 1. The first-order valence-corrected chi connectivity index (χ1v) is 7.91. The normalized spacial score (nSPS) is 33.0. The third-order valence-electron chi connectivity index (χ3n) is 3.40. The molecular weight excluding hydrogens is 250 g/mol. The minimum absolute atomic E-state index is 0.0323. The van der Waals surface area contributed by atoms with Crippen LogP contribution in [0.2, 0.25) is 0 Å². The Morgan fingerprint density at radius 1 is 1.33 bits per heavy atom. The Balaban J connectivity index is 2.21. The van der Waals surface area contributed by atoms with Crippen molar-refractivity contribution in [2.45, 2.75) is 51.0 Å². The van der Waals surface area contributed by atoms with Gasteiger partial charge in [0.2, 0.25) is 0 Å². The average molecular weight is 277 g/mol. The molecule has 0 radical (unpaired) electrons. The Morgan fingerprint density at radius 3 is 2.67 bits per heavy atom. The Bertz CT molecular complexity index is 228. The second-order valence-corrected chi connectivity index (χ2v) is 6.58. The summed E-state index contributed by atoms with van der Waals surface area (Å²) in [6.07, 6.45) is 0.456. The van der Waals surface area contributed by atoms with Crippen LogP contribution in [0.1, 0.15) is 26.7 Å². The number of methoxy groups -OCH3 is 1. The van der Waals surface area contributed by atoms with Gasteiger partial charge >= 0.3 is 0 Å². The van der Waals surface area contributed by atoms with Crippen molar-refractivity contribution >= 4 is 11.8 Å². The molecule has 0 spiro atoms. The SMILES string of the molecule is CO[C@@H]1[C@@H](O)[C@@H](CCSCCC(C)C)NC[C@H]1O. The number of nitrogens with one attached hydrogen (secondary N) is 1. The largest absolute Gasteiger partial charge is 0.389 e. The van der Waals surface area contributed by atoms with Gasteiger partial charge in [0.05, 0.1) is 12.2 Å². The van der Waals surface area contributed by atoms with Crippen LogP contribution >= 0.6 is 11.8 Å². The van der Waals surface area contributed by atoms with Gasteiger partial charge in [-0.2, -0.15) is 11.8 Å². The molecule has 0 amide bonds. The highest BCUT2D eigenvalue weighted by molar-refractivity contribution is 7.99. The quantitative estimate of drug-likeness (QED) is 0.603. The number of aliphatic hydroxyl groups is 2. The summed E-state index contributed by atoms with van der Waals surface area (Å²) in [4.78, 5) is 0. The van der Waals surface area contributed by atoms with Crippen molar-refractivity contribution in [3.05, 3.63) is 0 Å².